The summed E-state index contributed by atoms with van der Waals surface area (Å²) in [7, 11) is 0. The van der Waals surface area contributed by atoms with E-state index in [1.54, 1.807) is 18.5 Å². The molecule has 0 aliphatic carbocycles. The smallest absolute Gasteiger partial charge is 0.244 e. The Morgan fingerprint density at radius 2 is 2.09 bits per heavy atom. The summed E-state index contributed by atoms with van der Waals surface area (Å²) in [6, 6.07) is 9.30. The topological polar surface area (TPSA) is 60.5 Å². The molecular formula is C18H18N2O3. The summed E-state index contributed by atoms with van der Waals surface area (Å²) in [4.78, 5) is 16.0. The van der Waals surface area contributed by atoms with Crippen molar-refractivity contribution in [2.45, 2.75) is 13.0 Å². The molecule has 118 valence electrons. The molecule has 1 unspecified atom stereocenters. The van der Waals surface area contributed by atoms with Crippen LogP contribution in [0.15, 0.2) is 48.8 Å². The van der Waals surface area contributed by atoms with Crippen LogP contribution in [0.4, 0.5) is 0 Å². The van der Waals surface area contributed by atoms with Gasteiger partial charge >= 0.3 is 0 Å². The molecule has 0 saturated carbocycles. The molecule has 2 heterocycles. The molecule has 2 aromatic rings. The zero-order chi connectivity index (χ0) is 16.1. The lowest BCUT2D eigenvalue weighted by atomic mass is 10.1. The molecule has 0 radical (unpaired) electrons. The highest BCUT2D eigenvalue weighted by Gasteiger charge is 2.15. The third kappa shape index (κ3) is 3.88. The number of benzene rings is 1. The maximum atomic E-state index is 12.0. The molecule has 1 aromatic carbocycles. The van der Waals surface area contributed by atoms with Crippen LogP contribution in [0.25, 0.3) is 6.08 Å². The highest BCUT2D eigenvalue weighted by atomic mass is 16.6. The molecule has 1 aliphatic heterocycles. The number of aromatic nitrogens is 1. The number of nitrogens with one attached hydrogen (secondary N) is 1. The van der Waals surface area contributed by atoms with Gasteiger partial charge in [0, 0.05) is 18.5 Å². The third-order valence-corrected chi connectivity index (χ3v) is 3.54. The maximum absolute atomic E-state index is 12.0. The second-order valence-corrected chi connectivity index (χ2v) is 5.25. The van der Waals surface area contributed by atoms with Crippen LogP contribution in [-0.2, 0) is 4.79 Å². The SMILES string of the molecule is CC(NC(=O)/C=C/c1cccnc1)c1ccc2c(c1)OCCO2. The van der Waals surface area contributed by atoms with E-state index >= 15 is 0 Å². The van der Waals surface area contributed by atoms with E-state index in [4.69, 9.17) is 9.47 Å². The van der Waals surface area contributed by atoms with E-state index in [1.807, 2.05) is 37.3 Å². The van der Waals surface area contributed by atoms with Crippen molar-refractivity contribution in [1.29, 1.82) is 0 Å². The predicted molar refractivity (Wildman–Crippen MR) is 87.3 cm³/mol. The van der Waals surface area contributed by atoms with E-state index in [2.05, 4.69) is 10.3 Å². The fourth-order valence-electron chi connectivity index (χ4n) is 2.32. The van der Waals surface area contributed by atoms with E-state index in [0.717, 1.165) is 22.6 Å². The number of pyridine rings is 1. The molecule has 1 N–H and O–H groups in total. The number of nitrogens with zero attached hydrogens (tertiary/aromatic N) is 1. The summed E-state index contributed by atoms with van der Waals surface area (Å²) in [5, 5.41) is 2.93. The van der Waals surface area contributed by atoms with Crippen molar-refractivity contribution < 1.29 is 14.3 Å². The van der Waals surface area contributed by atoms with Gasteiger partial charge in [-0.2, -0.15) is 0 Å². The number of carbonyl (C=O) groups excluding carboxylic acids is 1. The molecule has 0 saturated heterocycles. The van der Waals surface area contributed by atoms with Crippen LogP contribution in [0.2, 0.25) is 0 Å². The normalized spacial score (nSPS) is 14.5. The molecule has 1 amide bonds. The van der Waals surface area contributed by atoms with Crippen molar-refractivity contribution in [2.75, 3.05) is 13.2 Å². The largest absolute Gasteiger partial charge is 0.486 e. The highest BCUT2D eigenvalue weighted by Crippen LogP contribution is 2.32. The number of hydrogen-bond donors (Lipinski definition) is 1. The third-order valence-electron chi connectivity index (χ3n) is 3.54. The van der Waals surface area contributed by atoms with E-state index in [-0.39, 0.29) is 11.9 Å². The van der Waals surface area contributed by atoms with Crippen LogP contribution < -0.4 is 14.8 Å². The van der Waals surface area contributed by atoms with Crippen LogP contribution >= 0.6 is 0 Å². The Morgan fingerprint density at radius 1 is 1.26 bits per heavy atom. The van der Waals surface area contributed by atoms with Gasteiger partial charge in [-0.3, -0.25) is 9.78 Å². The number of fused-ring (bicyclic) bond motifs is 1. The van der Waals surface area contributed by atoms with Crippen molar-refractivity contribution in [3.05, 3.63) is 59.9 Å². The minimum absolute atomic E-state index is 0.128. The first-order chi connectivity index (χ1) is 11.2. The Hall–Kier alpha value is -2.82. The van der Waals surface area contributed by atoms with Gasteiger partial charge in [0.25, 0.3) is 0 Å². The van der Waals surface area contributed by atoms with Crippen LogP contribution in [0, 0.1) is 0 Å². The summed E-state index contributed by atoms with van der Waals surface area (Å²) in [5.74, 6) is 1.31. The number of hydrogen-bond acceptors (Lipinski definition) is 4. The molecule has 23 heavy (non-hydrogen) atoms. The Bertz CT molecular complexity index is 713. The van der Waals surface area contributed by atoms with Gasteiger partial charge in [-0.05, 0) is 42.3 Å². The molecule has 0 spiro atoms. The number of rotatable bonds is 4. The molecule has 1 aromatic heterocycles. The Kier molecular flexibility index (Phi) is 4.57. The summed E-state index contributed by atoms with van der Waals surface area (Å²) >= 11 is 0. The average molecular weight is 310 g/mol. The minimum atomic E-state index is -0.156. The second kappa shape index (κ2) is 6.96. The summed E-state index contributed by atoms with van der Waals surface area (Å²) in [5.41, 5.74) is 1.85. The Balaban J connectivity index is 1.63. The van der Waals surface area contributed by atoms with Gasteiger partial charge in [-0.25, -0.2) is 0 Å². The van der Waals surface area contributed by atoms with Crippen molar-refractivity contribution in [3.8, 4) is 11.5 Å². The van der Waals surface area contributed by atoms with Gasteiger partial charge in [0.05, 0.1) is 6.04 Å². The number of amides is 1. The monoisotopic (exact) mass is 310 g/mol. The molecule has 1 aliphatic rings. The zero-order valence-corrected chi connectivity index (χ0v) is 12.9. The Morgan fingerprint density at radius 3 is 2.87 bits per heavy atom. The Labute approximate surface area is 135 Å². The minimum Gasteiger partial charge on any atom is -0.486 e. The van der Waals surface area contributed by atoms with Gasteiger partial charge in [0.2, 0.25) is 5.91 Å². The fourth-order valence-corrected chi connectivity index (χ4v) is 2.32. The molecular weight excluding hydrogens is 292 g/mol. The van der Waals surface area contributed by atoms with Gasteiger partial charge in [0.15, 0.2) is 11.5 Å². The number of ether oxygens (including phenoxy) is 2. The van der Waals surface area contributed by atoms with E-state index in [9.17, 15) is 4.79 Å². The van der Waals surface area contributed by atoms with Crippen molar-refractivity contribution in [1.82, 2.24) is 10.3 Å². The van der Waals surface area contributed by atoms with Crippen LogP contribution in [0.3, 0.4) is 0 Å². The molecule has 0 fully saturated rings. The second-order valence-electron chi connectivity index (χ2n) is 5.25. The van der Waals surface area contributed by atoms with Crippen LogP contribution in [-0.4, -0.2) is 24.1 Å². The molecule has 3 rings (SSSR count). The first-order valence-corrected chi connectivity index (χ1v) is 7.50. The number of carbonyl (C=O) groups is 1. The van der Waals surface area contributed by atoms with Crippen molar-refractivity contribution in [3.63, 3.8) is 0 Å². The van der Waals surface area contributed by atoms with E-state index < -0.39 is 0 Å². The molecule has 1 atom stereocenters. The maximum Gasteiger partial charge on any atom is 0.244 e. The van der Waals surface area contributed by atoms with Crippen LogP contribution in [0.5, 0.6) is 11.5 Å². The first kappa shape index (κ1) is 15.1. The lowest BCUT2D eigenvalue weighted by molar-refractivity contribution is -0.117. The van der Waals surface area contributed by atoms with Gasteiger partial charge in [-0.15, -0.1) is 0 Å². The van der Waals surface area contributed by atoms with E-state index in [0.29, 0.717) is 13.2 Å². The first-order valence-electron chi connectivity index (χ1n) is 7.50. The highest BCUT2D eigenvalue weighted by molar-refractivity contribution is 5.91. The summed E-state index contributed by atoms with van der Waals surface area (Å²) in [6.45, 7) is 3.05. The summed E-state index contributed by atoms with van der Waals surface area (Å²) in [6.07, 6.45) is 6.64. The van der Waals surface area contributed by atoms with E-state index in [1.165, 1.54) is 6.08 Å². The standard InChI is InChI=1S/C18H18N2O3/c1-13(15-5-6-16-17(11-15)23-10-9-22-16)20-18(21)7-4-14-3-2-8-19-12-14/h2-8,11-13H,9-10H2,1H3,(H,20,21)/b7-4+. The van der Waals surface area contributed by atoms with Gasteiger partial charge < -0.3 is 14.8 Å². The lowest BCUT2D eigenvalue weighted by Gasteiger charge is -2.20. The van der Waals surface area contributed by atoms with Crippen molar-refractivity contribution >= 4 is 12.0 Å². The quantitative estimate of drug-likeness (QED) is 0.882. The molecule has 5 nitrogen and oxygen atoms in total. The fraction of sp³-hybridized carbons (Fsp3) is 0.222. The van der Waals surface area contributed by atoms with Gasteiger partial charge in [-0.1, -0.05) is 12.1 Å². The predicted octanol–water partition coefficient (Wildman–Crippen LogP) is 2.74. The van der Waals surface area contributed by atoms with Crippen molar-refractivity contribution in [2.24, 2.45) is 0 Å². The average Bonchev–Trinajstić information content (AvgIpc) is 2.60. The molecule has 0 bridgehead atoms. The van der Waals surface area contributed by atoms with Crippen LogP contribution in [0.1, 0.15) is 24.1 Å². The zero-order valence-electron chi connectivity index (χ0n) is 12.9. The van der Waals surface area contributed by atoms with Gasteiger partial charge in [0.1, 0.15) is 13.2 Å². The molecule has 5 heteroatoms. The summed E-state index contributed by atoms with van der Waals surface area (Å²) < 4.78 is 11.1. The lowest BCUT2D eigenvalue weighted by Crippen LogP contribution is -2.25.